The van der Waals surface area contributed by atoms with Crippen molar-refractivity contribution in [3.8, 4) is 5.75 Å². The van der Waals surface area contributed by atoms with E-state index < -0.39 is 0 Å². The number of thiazole rings is 1. The van der Waals surface area contributed by atoms with Crippen LogP contribution in [0.25, 0.3) is 0 Å². The van der Waals surface area contributed by atoms with Crippen molar-refractivity contribution in [3.63, 3.8) is 0 Å². The molecule has 3 rings (SSSR count). The van der Waals surface area contributed by atoms with Crippen molar-refractivity contribution >= 4 is 34.5 Å². The van der Waals surface area contributed by atoms with Crippen molar-refractivity contribution < 1.29 is 9.53 Å². The number of hydrogen-bond donors (Lipinski definition) is 2. The molecule has 0 spiro atoms. The summed E-state index contributed by atoms with van der Waals surface area (Å²) in [5.74, 6) is 0.664. The molecule has 3 aromatic rings. The first-order valence-corrected chi connectivity index (χ1v) is 10.1. The predicted molar refractivity (Wildman–Crippen MR) is 115 cm³/mol. The van der Waals surface area contributed by atoms with E-state index in [9.17, 15) is 4.79 Å². The summed E-state index contributed by atoms with van der Waals surface area (Å²) >= 11 is 7.27. The summed E-state index contributed by atoms with van der Waals surface area (Å²) < 4.78 is 6.22. The van der Waals surface area contributed by atoms with Crippen molar-refractivity contribution in [3.05, 3.63) is 74.7 Å². The number of hydrogen-bond acceptors (Lipinski definition) is 5. The Morgan fingerprint density at radius 3 is 2.75 bits per heavy atom. The predicted octanol–water partition coefficient (Wildman–Crippen LogP) is 4.83. The van der Waals surface area contributed by atoms with Crippen molar-refractivity contribution in [1.82, 2.24) is 10.3 Å². The highest BCUT2D eigenvalue weighted by Gasteiger charge is 2.11. The van der Waals surface area contributed by atoms with Gasteiger partial charge < -0.3 is 15.4 Å². The number of carbonyl (C=O) groups is 1. The van der Waals surface area contributed by atoms with Crippen LogP contribution < -0.4 is 15.4 Å². The van der Waals surface area contributed by atoms with Crippen LogP contribution in [0.2, 0.25) is 4.47 Å². The molecule has 0 fully saturated rings. The molecule has 0 bridgehead atoms. The van der Waals surface area contributed by atoms with E-state index in [0.29, 0.717) is 29.7 Å². The molecule has 5 nitrogen and oxygen atoms in total. The molecule has 0 aliphatic rings. The Balaban J connectivity index is 1.51. The van der Waals surface area contributed by atoms with E-state index >= 15 is 0 Å². The summed E-state index contributed by atoms with van der Waals surface area (Å²) in [6.07, 6.45) is 1.73. The number of halogens is 1. The van der Waals surface area contributed by atoms with Gasteiger partial charge in [0.2, 0.25) is 0 Å². The monoisotopic (exact) mass is 415 g/mol. The highest BCUT2D eigenvalue weighted by Crippen LogP contribution is 2.21. The lowest BCUT2D eigenvalue weighted by Gasteiger charge is -2.12. The SMILES string of the molecule is Cc1ccc(OCCNC(=O)c2ccccc2NCc2cnc(Cl)s2)cc1C. The lowest BCUT2D eigenvalue weighted by atomic mass is 10.1. The summed E-state index contributed by atoms with van der Waals surface area (Å²) in [5, 5.41) is 6.17. The van der Waals surface area contributed by atoms with Gasteiger partial charge in [-0.15, -0.1) is 11.3 Å². The molecule has 2 aromatic carbocycles. The first kappa shape index (κ1) is 20.2. The van der Waals surface area contributed by atoms with Crippen LogP contribution in [-0.2, 0) is 6.54 Å². The second-order valence-corrected chi connectivity index (χ2v) is 8.03. The molecule has 0 aliphatic carbocycles. The van der Waals surface area contributed by atoms with E-state index in [0.717, 1.165) is 16.3 Å². The van der Waals surface area contributed by atoms with Gasteiger partial charge in [0, 0.05) is 16.8 Å². The maximum absolute atomic E-state index is 12.6. The number of nitrogens with zero attached hydrogens (tertiary/aromatic N) is 1. The average Bonchev–Trinajstić information content (AvgIpc) is 3.11. The summed E-state index contributed by atoms with van der Waals surface area (Å²) in [5.41, 5.74) is 3.76. The number of amides is 1. The number of aromatic nitrogens is 1. The van der Waals surface area contributed by atoms with Gasteiger partial charge in [-0.2, -0.15) is 0 Å². The first-order valence-electron chi connectivity index (χ1n) is 8.94. The van der Waals surface area contributed by atoms with E-state index in [1.165, 1.54) is 22.5 Å². The van der Waals surface area contributed by atoms with Gasteiger partial charge in [-0.25, -0.2) is 4.98 Å². The van der Waals surface area contributed by atoms with Crippen LogP contribution in [0.3, 0.4) is 0 Å². The molecule has 0 radical (unpaired) electrons. The highest BCUT2D eigenvalue weighted by molar-refractivity contribution is 7.15. The standard InChI is InChI=1S/C21H22ClN3O2S/c1-14-7-8-16(11-15(14)2)27-10-9-23-20(26)18-5-3-4-6-19(18)24-12-17-13-25-21(22)28-17/h3-8,11,13,24H,9-10,12H2,1-2H3,(H,23,26). The van der Waals surface area contributed by atoms with Crippen LogP contribution in [0.5, 0.6) is 5.75 Å². The Bertz CT molecular complexity index is 958. The van der Waals surface area contributed by atoms with Crippen LogP contribution in [-0.4, -0.2) is 24.0 Å². The van der Waals surface area contributed by atoms with Gasteiger partial charge in [0.15, 0.2) is 4.47 Å². The molecular weight excluding hydrogens is 394 g/mol. The van der Waals surface area contributed by atoms with Gasteiger partial charge in [0.05, 0.1) is 18.7 Å². The lowest BCUT2D eigenvalue weighted by molar-refractivity contribution is 0.0947. The Morgan fingerprint density at radius 1 is 1.18 bits per heavy atom. The molecule has 1 heterocycles. The number of nitrogens with one attached hydrogen (secondary N) is 2. The van der Waals surface area contributed by atoms with Gasteiger partial charge in [0.1, 0.15) is 12.4 Å². The third kappa shape index (κ3) is 5.47. The van der Waals surface area contributed by atoms with Gasteiger partial charge in [-0.3, -0.25) is 4.79 Å². The lowest BCUT2D eigenvalue weighted by Crippen LogP contribution is -2.28. The molecule has 1 amide bonds. The van der Waals surface area contributed by atoms with Crippen molar-refractivity contribution in [2.75, 3.05) is 18.5 Å². The minimum absolute atomic E-state index is 0.144. The minimum atomic E-state index is -0.144. The molecule has 2 N–H and O–H groups in total. The van der Waals surface area contributed by atoms with Crippen LogP contribution in [0, 0.1) is 13.8 Å². The molecule has 0 atom stereocenters. The fraction of sp³-hybridized carbons (Fsp3) is 0.238. The van der Waals surface area contributed by atoms with Crippen LogP contribution in [0.4, 0.5) is 5.69 Å². The average molecular weight is 416 g/mol. The second kappa shape index (κ2) is 9.57. The number of benzene rings is 2. The van der Waals surface area contributed by atoms with E-state index in [-0.39, 0.29) is 5.91 Å². The van der Waals surface area contributed by atoms with Crippen molar-refractivity contribution in [2.24, 2.45) is 0 Å². The largest absolute Gasteiger partial charge is 0.492 e. The minimum Gasteiger partial charge on any atom is -0.492 e. The number of anilines is 1. The van der Waals surface area contributed by atoms with Gasteiger partial charge >= 0.3 is 0 Å². The maximum Gasteiger partial charge on any atom is 0.253 e. The quantitative estimate of drug-likeness (QED) is 0.517. The molecule has 146 valence electrons. The summed E-state index contributed by atoms with van der Waals surface area (Å²) in [6, 6.07) is 13.4. The first-order chi connectivity index (χ1) is 13.5. The molecule has 7 heteroatoms. The Hall–Kier alpha value is -2.57. The third-order valence-electron chi connectivity index (χ3n) is 4.28. The molecule has 0 saturated carbocycles. The number of carbonyl (C=O) groups excluding carboxylic acids is 1. The van der Waals surface area contributed by atoms with Crippen LogP contribution in [0.1, 0.15) is 26.4 Å². The molecule has 28 heavy (non-hydrogen) atoms. The molecule has 0 aliphatic heterocycles. The van der Waals surface area contributed by atoms with Crippen LogP contribution in [0.15, 0.2) is 48.7 Å². The summed E-state index contributed by atoms with van der Waals surface area (Å²) in [4.78, 5) is 17.6. The number of rotatable bonds is 8. The van der Waals surface area contributed by atoms with Gasteiger partial charge in [-0.1, -0.05) is 29.8 Å². The number of ether oxygens (including phenoxy) is 1. The van der Waals surface area contributed by atoms with E-state index in [1.807, 2.05) is 43.3 Å². The van der Waals surface area contributed by atoms with Crippen molar-refractivity contribution in [1.29, 1.82) is 0 Å². The number of para-hydroxylation sites is 1. The van der Waals surface area contributed by atoms with E-state index in [2.05, 4.69) is 22.5 Å². The molecule has 0 saturated heterocycles. The maximum atomic E-state index is 12.6. The molecular formula is C21H22ClN3O2S. The van der Waals surface area contributed by atoms with Crippen LogP contribution >= 0.6 is 22.9 Å². The second-order valence-electron chi connectivity index (χ2n) is 6.33. The van der Waals surface area contributed by atoms with Crippen molar-refractivity contribution in [2.45, 2.75) is 20.4 Å². The summed E-state index contributed by atoms with van der Waals surface area (Å²) in [7, 11) is 0. The fourth-order valence-corrected chi connectivity index (χ4v) is 3.53. The zero-order chi connectivity index (χ0) is 19.9. The van der Waals surface area contributed by atoms with Gasteiger partial charge in [0.25, 0.3) is 5.91 Å². The summed E-state index contributed by atoms with van der Waals surface area (Å²) in [6.45, 7) is 5.50. The third-order valence-corrected chi connectivity index (χ3v) is 5.40. The van der Waals surface area contributed by atoms with E-state index in [4.69, 9.17) is 16.3 Å². The zero-order valence-corrected chi connectivity index (χ0v) is 17.4. The topological polar surface area (TPSA) is 63.2 Å². The highest BCUT2D eigenvalue weighted by atomic mass is 35.5. The van der Waals surface area contributed by atoms with Gasteiger partial charge in [-0.05, 0) is 49.2 Å². The smallest absolute Gasteiger partial charge is 0.253 e. The fourth-order valence-electron chi connectivity index (χ4n) is 2.62. The Kier molecular flexibility index (Phi) is 6.90. The van der Waals surface area contributed by atoms with E-state index in [1.54, 1.807) is 12.3 Å². The number of aryl methyl sites for hydroxylation is 2. The Morgan fingerprint density at radius 2 is 2.00 bits per heavy atom. The molecule has 0 unspecified atom stereocenters. The zero-order valence-electron chi connectivity index (χ0n) is 15.8. The molecule has 1 aromatic heterocycles. The normalized spacial score (nSPS) is 10.5. The Labute approximate surface area is 173 Å².